The van der Waals surface area contributed by atoms with E-state index in [9.17, 15) is 16.8 Å². The van der Waals surface area contributed by atoms with Crippen molar-refractivity contribution in [3.05, 3.63) is 72.8 Å². The number of benzene rings is 3. The van der Waals surface area contributed by atoms with Crippen LogP contribution in [0.25, 0.3) is 45.6 Å². The first-order valence-electron chi connectivity index (χ1n) is 10.7. The molecule has 2 heterocycles. The molecule has 0 saturated heterocycles. The van der Waals surface area contributed by atoms with Crippen LogP contribution in [0.5, 0.6) is 0 Å². The van der Waals surface area contributed by atoms with Crippen molar-refractivity contribution in [1.29, 1.82) is 0 Å². The van der Waals surface area contributed by atoms with Gasteiger partial charge in [-0.3, -0.25) is 10.2 Å². The Bertz CT molecular complexity index is 1680. The van der Waals surface area contributed by atoms with Gasteiger partial charge in [0, 0.05) is 34.8 Å². The summed E-state index contributed by atoms with van der Waals surface area (Å²) in [5, 5.41) is 14.2. The molecule has 5 rings (SSSR count). The van der Waals surface area contributed by atoms with Gasteiger partial charge in [0.25, 0.3) is 0 Å². The molecule has 0 aliphatic carbocycles. The van der Waals surface area contributed by atoms with E-state index in [1.54, 1.807) is 48.5 Å². The second-order valence-corrected chi connectivity index (χ2v) is 12.1. The van der Waals surface area contributed by atoms with Crippen LogP contribution in [0.2, 0.25) is 0 Å². The number of nitrogens with one attached hydrogen (secondary N) is 2. The number of hydrogen-bond donors (Lipinski definition) is 2. The Morgan fingerprint density at radius 1 is 0.583 bits per heavy atom. The Morgan fingerprint density at radius 3 is 1.42 bits per heavy atom. The van der Waals surface area contributed by atoms with Gasteiger partial charge in [-0.2, -0.15) is 10.2 Å². The van der Waals surface area contributed by atoms with Gasteiger partial charge >= 0.3 is 0 Å². The van der Waals surface area contributed by atoms with E-state index in [1.165, 1.54) is 12.1 Å². The molecule has 0 spiro atoms. The molecule has 2 N–H and O–H groups in total. The minimum atomic E-state index is -3.46. The Morgan fingerprint density at radius 2 is 1.00 bits per heavy atom. The highest BCUT2D eigenvalue weighted by Crippen LogP contribution is 2.29. The maximum atomic E-state index is 12.2. The summed E-state index contributed by atoms with van der Waals surface area (Å²) < 4.78 is 48.7. The summed E-state index contributed by atoms with van der Waals surface area (Å²) in [6, 6.07) is 20.4. The number of aromatic amines is 2. The first kappa shape index (κ1) is 23.6. The van der Waals surface area contributed by atoms with E-state index in [0.717, 1.165) is 12.5 Å². The molecular weight excluding hydrogens is 500 g/mol. The molecule has 2 aromatic heterocycles. The third-order valence-corrected chi connectivity index (χ3v) is 7.74. The van der Waals surface area contributed by atoms with Crippen LogP contribution in [0.15, 0.2) is 82.6 Å². The van der Waals surface area contributed by atoms with Gasteiger partial charge in [0.15, 0.2) is 43.0 Å². The molecule has 0 amide bonds. The van der Waals surface area contributed by atoms with Gasteiger partial charge in [0.05, 0.1) is 9.79 Å². The second kappa shape index (κ2) is 8.81. The van der Waals surface area contributed by atoms with Gasteiger partial charge in [-0.25, -0.2) is 26.8 Å². The smallest absolute Gasteiger partial charge is 0.181 e. The standard InChI is InChI=1S/C24H20N6O4S2/c1-35(31,32)19-12-5-3-10-17(19)23-25-21(27-29-23)15-8-7-9-16(14-15)22-26-24(30-28-22)18-11-4-6-13-20(18)36(2,33)34/h3-14H,1-2H3,(H,25,27,29)(H,26,28,30). The molecule has 0 radical (unpaired) electrons. The van der Waals surface area contributed by atoms with Crippen molar-refractivity contribution in [3.63, 3.8) is 0 Å². The molecule has 12 heteroatoms. The van der Waals surface area contributed by atoms with Gasteiger partial charge in [-0.15, -0.1) is 0 Å². The van der Waals surface area contributed by atoms with Crippen molar-refractivity contribution in [2.75, 3.05) is 12.5 Å². The van der Waals surface area contributed by atoms with Crippen LogP contribution in [0, 0.1) is 0 Å². The number of H-pyrrole nitrogens is 2. The van der Waals surface area contributed by atoms with E-state index in [-0.39, 0.29) is 9.79 Å². The highest BCUT2D eigenvalue weighted by molar-refractivity contribution is 7.91. The van der Waals surface area contributed by atoms with Gasteiger partial charge in [0.1, 0.15) is 0 Å². The quantitative estimate of drug-likeness (QED) is 0.346. The highest BCUT2D eigenvalue weighted by Gasteiger charge is 2.19. The van der Waals surface area contributed by atoms with E-state index in [2.05, 4.69) is 30.4 Å². The van der Waals surface area contributed by atoms with Crippen LogP contribution in [0.1, 0.15) is 0 Å². The maximum absolute atomic E-state index is 12.2. The third kappa shape index (κ3) is 4.55. The molecule has 0 bridgehead atoms. The minimum Gasteiger partial charge on any atom is -0.259 e. The Kier molecular flexibility index (Phi) is 5.77. The van der Waals surface area contributed by atoms with Crippen molar-refractivity contribution < 1.29 is 16.8 Å². The Labute approximate surface area is 207 Å². The van der Waals surface area contributed by atoms with Crippen molar-refractivity contribution in [2.24, 2.45) is 0 Å². The van der Waals surface area contributed by atoms with Crippen LogP contribution in [-0.2, 0) is 19.7 Å². The zero-order valence-electron chi connectivity index (χ0n) is 19.2. The van der Waals surface area contributed by atoms with E-state index < -0.39 is 19.7 Å². The zero-order valence-corrected chi connectivity index (χ0v) is 20.8. The molecule has 0 aliphatic heterocycles. The molecule has 36 heavy (non-hydrogen) atoms. The monoisotopic (exact) mass is 520 g/mol. The molecule has 3 aromatic carbocycles. The van der Waals surface area contributed by atoms with Crippen molar-refractivity contribution in [2.45, 2.75) is 9.79 Å². The van der Waals surface area contributed by atoms with E-state index in [1.807, 2.05) is 12.1 Å². The topological polar surface area (TPSA) is 151 Å². The number of rotatable bonds is 6. The second-order valence-electron chi connectivity index (χ2n) is 8.13. The molecule has 0 aliphatic rings. The van der Waals surface area contributed by atoms with Gasteiger partial charge in [-0.05, 0) is 30.3 Å². The first-order valence-corrected chi connectivity index (χ1v) is 14.4. The lowest BCUT2D eigenvalue weighted by Crippen LogP contribution is -2.00. The highest BCUT2D eigenvalue weighted by atomic mass is 32.2. The first-order chi connectivity index (χ1) is 17.1. The summed E-state index contributed by atoms with van der Waals surface area (Å²) in [7, 11) is -6.92. The molecule has 0 unspecified atom stereocenters. The van der Waals surface area contributed by atoms with E-state index in [4.69, 9.17) is 0 Å². The number of sulfone groups is 2. The summed E-state index contributed by atoms with van der Waals surface area (Å²) in [5.41, 5.74) is 2.18. The summed E-state index contributed by atoms with van der Waals surface area (Å²) in [5.74, 6) is 1.39. The Hall–Kier alpha value is -4.16. The van der Waals surface area contributed by atoms with Crippen LogP contribution in [0.4, 0.5) is 0 Å². The van der Waals surface area contributed by atoms with Gasteiger partial charge < -0.3 is 0 Å². The third-order valence-electron chi connectivity index (χ3n) is 5.43. The SMILES string of the molecule is CS(=O)(=O)c1ccccc1-c1nc(-c2cccc(-c3n[nH]c(-c4ccccc4S(C)(=O)=O)n3)c2)n[nH]1. The van der Waals surface area contributed by atoms with Crippen LogP contribution >= 0.6 is 0 Å². The van der Waals surface area contributed by atoms with Crippen molar-refractivity contribution in [3.8, 4) is 45.6 Å². The van der Waals surface area contributed by atoms with Crippen molar-refractivity contribution in [1.82, 2.24) is 30.4 Å². The number of nitrogens with zero attached hydrogens (tertiary/aromatic N) is 4. The number of aromatic nitrogens is 6. The lowest BCUT2D eigenvalue weighted by atomic mass is 10.1. The average Bonchev–Trinajstić information content (AvgIpc) is 3.54. The number of hydrogen-bond acceptors (Lipinski definition) is 8. The zero-order chi connectivity index (χ0) is 25.5. The largest absolute Gasteiger partial charge is 0.259 e. The van der Waals surface area contributed by atoms with E-state index >= 15 is 0 Å². The minimum absolute atomic E-state index is 0.157. The summed E-state index contributed by atoms with van der Waals surface area (Å²) >= 11 is 0. The van der Waals surface area contributed by atoms with Crippen LogP contribution < -0.4 is 0 Å². The fraction of sp³-hybridized carbons (Fsp3) is 0.0833. The van der Waals surface area contributed by atoms with Crippen LogP contribution in [0.3, 0.4) is 0 Å². The molecule has 0 fully saturated rings. The summed E-state index contributed by atoms with van der Waals surface area (Å²) in [4.78, 5) is 9.32. The fourth-order valence-electron chi connectivity index (χ4n) is 3.79. The fourth-order valence-corrected chi connectivity index (χ4v) is 5.57. The molecule has 0 saturated carbocycles. The molecule has 182 valence electrons. The van der Waals surface area contributed by atoms with Gasteiger partial charge in [-0.1, -0.05) is 42.5 Å². The normalized spacial score (nSPS) is 12.1. The Balaban J connectivity index is 1.50. The summed E-state index contributed by atoms with van der Waals surface area (Å²) in [6.07, 6.45) is 2.29. The molecule has 0 atom stereocenters. The lowest BCUT2D eigenvalue weighted by Gasteiger charge is -2.04. The molecule has 5 aromatic rings. The summed E-state index contributed by atoms with van der Waals surface area (Å²) in [6.45, 7) is 0. The molecular formula is C24H20N6O4S2. The molecule has 10 nitrogen and oxygen atoms in total. The van der Waals surface area contributed by atoms with E-state index in [0.29, 0.717) is 45.6 Å². The van der Waals surface area contributed by atoms with Crippen molar-refractivity contribution >= 4 is 19.7 Å². The predicted octanol–water partition coefficient (Wildman–Crippen LogP) is 3.40. The lowest BCUT2D eigenvalue weighted by molar-refractivity contribution is 0.600. The van der Waals surface area contributed by atoms with Crippen LogP contribution in [-0.4, -0.2) is 59.7 Å². The maximum Gasteiger partial charge on any atom is 0.181 e. The van der Waals surface area contributed by atoms with Gasteiger partial charge in [0.2, 0.25) is 0 Å². The predicted molar refractivity (Wildman–Crippen MR) is 134 cm³/mol. The average molecular weight is 521 g/mol.